The van der Waals surface area contributed by atoms with Crippen LogP contribution in [0, 0.1) is 18.8 Å². The molecule has 1 fully saturated rings. The molecule has 1 aromatic rings. The molecule has 22 heavy (non-hydrogen) atoms. The number of aromatic nitrogens is 2. The summed E-state index contributed by atoms with van der Waals surface area (Å²) in [6.45, 7) is 6.65. The molecular weight excluding hydrogens is 284 g/mol. The average molecular weight is 308 g/mol. The topological polar surface area (TPSA) is 87.5 Å². The number of rotatable bonds is 3. The van der Waals surface area contributed by atoms with Gasteiger partial charge in [0.15, 0.2) is 0 Å². The highest BCUT2D eigenvalue weighted by atomic mass is 16.4. The van der Waals surface area contributed by atoms with Gasteiger partial charge in [-0.1, -0.05) is 6.92 Å². The lowest BCUT2D eigenvalue weighted by Gasteiger charge is -2.35. The number of carbonyl (C=O) groups is 2. The second-order valence-electron chi connectivity index (χ2n) is 6.30. The highest BCUT2D eigenvalue weighted by molar-refractivity contribution is 5.77. The first-order valence-corrected chi connectivity index (χ1v) is 7.56. The molecular formula is C15H24N4O3. The Morgan fingerprint density at radius 3 is 2.68 bits per heavy atom. The Hall–Kier alpha value is -2.05. The third kappa shape index (κ3) is 3.58. The molecule has 0 saturated carbocycles. The summed E-state index contributed by atoms with van der Waals surface area (Å²) in [7, 11) is 1.84. The molecule has 1 aliphatic rings. The van der Waals surface area contributed by atoms with Gasteiger partial charge in [-0.05, 0) is 26.2 Å². The summed E-state index contributed by atoms with van der Waals surface area (Å²) in [4.78, 5) is 25.2. The monoisotopic (exact) mass is 308 g/mol. The van der Waals surface area contributed by atoms with Gasteiger partial charge in [-0.3, -0.25) is 9.48 Å². The van der Waals surface area contributed by atoms with Crippen molar-refractivity contribution in [3.05, 3.63) is 17.5 Å². The minimum absolute atomic E-state index is 0.165. The number of hydrogen-bond acceptors (Lipinski definition) is 3. The zero-order valence-corrected chi connectivity index (χ0v) is 13.5. The highest BCUT2D eigenvalue weighted by Crippen LogP contribution is 2.23. The molecule has 122 valence electrons. The predicted octanol–water partition coefficient (Wildman–Crippen LogP) is 1.54. The van der Waals surface area contributed by atoms with E-state index in [4.69, 9.17) is 0 Å². The maximum Gasteiger partial charge on any atom is 0.317 e. The van der Waals surface area contributed by atoms with Gasteiger partial charge in [0.1, 0.15) is 0 Å². The molecule has 1 aromatic heterocycles. The van der Waals surface area contributed by atoms with Crippen molar-refractivity contribution in [3.8, 4) is 0 Å². The third-order valence-electron chi connectivity index (χ3n) is 4.15. The van der Waals surface area contributed by atoms with E-state index in [2.05, 4.69) is 10.4 Å². The van der Waals surface area contributed by atoms with Crippen molar-refractivity contribution in [3.63, 3.8) is 0 Å². The zero-order valence-electron chi connectivity index (χ0n) is 13.5. The standard InChI is InChI=1S/C15H24N4O3/c1-9-5-12(14(20)21)7-19(6-9)15(22)16-10(2)13-8-18(4)17-11(13)3/h8-10,12H,5-7H2,1-4H3,(H,16,22)(H,20,21). The Morgan fingerprint density at radius 2 is 2.14 bits per heavy atom. The van der Waals surface area contributed by atoms with Gasteiger partial charge in [-0.2, -0.15) is 5.10 Å². The second-order valence-corrected chi connectivity index (χ2v) is 6.30. The highest BCUT2D eigenvalue weighted by Gasteiger charge is 2.32. The molecule has 3 unspecified atom stereocenters. The number of urea groups is 1. The Balaban J connectivity index is 2.02. The molecule has 3 atom stereocenters. The lowest BCUT2D eigenvalue weighted by molar-refractivity contribution is -0.143. The molecule has 2 amide bonds. The van der Waals surface area contributed by atoms with E-state index in [0.717, 1.165) is 11.3 Å². The van der Waals surface area contributed by atoms with Crippen molar-refractivity contribution in [1.29, 1.82) is 0 Å². The fourth-order valence-electron chi connectivity index (χ4n) is 3.09. The quantitative estimate of drug-likeness (QED) is 0.886. The number of carbonyl (C=O) groups excluding carboxylic acids is 1. The van der Waals surface area contributed by atoms with Gasteiger partial charge >= 0.3 is 12.0 Å². The lowest BCUT2D eigenvalue weighted by atomic mass is 9.91. The van der Waals surface area contributed by atoms with Gasteiger partial charge in [0.2, 0.25) is 0 Å². The molecule has 0 bridgehead atoms. The summed E-state index contributed by atoms with van der Waals surface area (Å²) < 4.78 is 1.72. The molecule has 7 nitrogen and oxygen atoms in total. The number of hydrogen-bond donors (Lipinski definition) is 2. The number of carboxylic acids is 1. The van der Waals surface area contributed by atoms with Crippen LogP contribution in [0.1, 0.15) is 37.6 Å². The minimum Gasteiger partial charge on any atom is -0.481 e. The van der Waals surface area contributed by atoms with Crippen molar-refractivity contribution in [2.75, 3.05) is 13.1 Å². The number of likely N-dealkylation sites (tertiary alicyclic amines) is 1. The van der Waals surface area contributed by atoms with Crippen LogP contribution in [0.25, 0.3) is 0 Å². The van der Waals surface area contributed by atoms with Gasteiger partial charge in [-0.25, -0.2) is 4.79 Å². The summed E-state index contributed by atoms with van der Waals surface area (Å²) in [5.74, 6) is -1.12. The van der Waals surface area contributed by atoms with Crippen LogP contribution in [-0.2, 0) is 11.8 Å². The van der Waals surface area contributed by atoms with Crippen LogP contribution in [0.15, 0.2) is 6.20 Å². The van der Waals surface area contributed by atoms with Crippen molar-refractivity contribution >= 4 is 12.0 Å². The van der Waals surface area contributed by atoms with Gasteiger partial charge < -0.3 is 15.3 Å². The van der Waals surface area contributed by atoms with E-state index in [1.54, 1.807) is 9.58 Å². The van der Waals surface area contributed by atoms with E-state index in [0.29, 0.717) is 13.0 Å². The van der Waals surface area contributed by atoms with Gasteiger partial charge in [0.05, 0.1) is 17.7 Å². The van der Waals surface area contributed by atoms with Crippen LogP contribution in [0.4, 0.5) is 4.79 Å². The van der Waals surface area contributed by atoms with Crippen molar-refractivity contribution in [2.24, 2.45) is 18.9 Å². The van der Waals surface area contributed by atoms with E-state index in [-0.39, 0.29) is 24.5 Å². The minimum atomic E-state index is -0.833. The fourth-order valence-corrected chi connectivity index (χ4v) is 3.09. The third-order valence-corrected chi connectivity index (χ3v) is 4.15. The molecule has 0 radical (unpaired) electrons. The Kier molecular flexibility index (Phi) is 4.73. The van der Waals surface area contributed by atoms with E-state index in [9.17, 15) is 14.7 Å². The van der Waals surface area contributed by atoms with E-state index < -0.39 is 11.9 Å². The number of carboxylic acid groups (broad SMARTS) is 1. The number of piperidine rings is 1. The summed E-state index contributed by atoms with van der Waals surface area (Å²) in [6.07, 6.45) is 2.51. The zero-order chi connectivity index (χ0) is 16.4. The number of aliphatic carboxylic acids is 1. The van der Waals surface area contributed by atoms with Crippen molar-refractivity contribution in [2.45, 2.75) is 33.2 Å². The largest absolute Gasteiger partial charge is 0.481 e. The molecule has 1 aliphatic heterocycles. The van der Waals surface area contributed by atoms with E-state index >= 15 is 0 Å². The normalized spacial score (nSPS) is 23.2. The van der Waals surface area contributed by atoms with Crippen LogP contribution < -0.4 is 5.32 Å². The summed E-state index contributed by atoms with van der Waals surface area (Å²) in [5.41, 5.74) is 1.85. The molecule has 2 N–H and O–H groups in total. The molecule has 1 saturated heterocycles. The number of aryl methyl sites for hydroxylation is 2. The number of nitrogens with zero attached hydrogens (tertiary/aromatic N) is 3. The average Bonchev–Trinajstić information content (AvgIpc) is 2.77. The number of nitrogens with one attached hydrogen (secondary N) is 1. The molecule has 7 heteroatoms. The SMILES string of the molecule is Cc1nn(C)cc1C(C)NC(=O)N1CC(C)CC(C(=O)O)C1. The van der Waals surface area contributed by atoms with Crippen LogP contribution in [0.2, 0.25) is 0 Å². The summed E-state index contributed by atoms with van der Waals surface area (Å²) in [5, 5.41) is 16.4. The molecule has 0 aliphatic carbocycles. The predicted molar refractivity (Wildman–Crippen MR) is 81.4 cm³/mol. The molecule has 0 spiro atoms. The maximum absolute atomic E-state index is 12.4. The first-order chi connectivity index (χ1) is 10.3. The van der Waals surface area contributed by atoms with Crippen molar-refractivity contribution < 1.29 is 14.7 Å². The maximum atomic E-state index is 12.4. The van der Waals surface area contributed by atoms with Gasteiger partial charge in [-0.15, -0.1) is 0 Å². The Morgan fingerprint density at radius 1 is 1.45 bits per heavy atom. The first kappa shape index (κ1) is 16.3. The second kappa shape index (κ2) is 6.37. The number of amides is 2. The van der Waals surface area contributed by atoms with Crippen LogP contribution in [0.3, 0.4) is 0 Å². The van der Waals surface area contributed by atoms with E-state index in [1.807, 2.05) is 34.0 Å². The Bertz CT molecular complexity index is 569. The van der Waals surface area contributed by atoms with Crippen molar-refractivity contribution in [1.82, 2.24) is 20.0 Å². The van der Waals surface area contributed by atoms with Crippen LogP contribution >= 0.6 is 0 Å². The summed E-state index contributed by atoms with van der Waals surface area (Å²) in [6, 6.07) is -0.379. The molecule has 2 rings (SSSR count). The van der Waals surface area contributed by atoms with Crippen LogP contribution in [0.5, 0.6) is 0 Å². The first-order valence-electron chi connectivity index (χ1n) is 7.56. The van der Waals surface area contributed by atoms with E-state index in [1.165, 1.54) is 0 Å². The van der Waals surface area contributed by atoms with Crippen LogP contribution in [-0.4, -0.2) is 44.9 Å². The lowest BCUT2D eigenvalue weighted by Crippen LogP contribution is -2.49. The smallest absolute Gasteiger partial charge is 0.317 e. The van der Waals surface area contributed by atoms with Gasteiger partial charge in [0.25, 0.3) is 0 Å². The van der Waals surface area contributed by atoms with Gasteiger partial charge in [0, 0.05) is 31.9 Å². The Labute approximate surface area is 130 Å². The molecule has 0 aromatic carbocycles. The fraction of sp³-hybridized carbons (Fsp3) is 0.667. The molecule has 2 heterocycles. The summed E-state index contributed by atoms with van der Waals surface area (Å²) >= 11 is 0.